The maximum Gasteiger partial charge on any atom is 0.337 e. The fourth-order valence-electron chi connectivity index (χ4n) is 2.14. The van der Waals surface area contributed by atoms with E-state index in [9.17, 15) is 9.90 Å². The summed E-state index contributed by atoms with van der Waals surface area (Å²) in [5, 5.41) is 10.8. The van der Waals surface area contributed by atoms with Gasteiger partial charge in [-0.15, -0.1) is 0 Å². The molecule has 0 aromatic heterocycles. The van der Waals surface area contributed by atoms with Gasteiger partial charge in [0, 0.05) is 0 Å². The summed E-state index contributed by atoms with van der Waals surface area (Å²) >= 11 is 0. The van der Waals surface area contributed by atoms with E-state index in [2.05, 4.69) is 4.74 Å². The first-order chi connectivity index (χ1) is 9.98. The lowest BCUT2D eigenvalue weighted by Gasteiger charge is -2.25. The number of esters is 1. The summed E-state index contributed by atoms with van der Waals surface area (Å²) in [6, 6.07) is 14.0. The van der Waals surface area contributed by atoms with Gasteiger partial charge in [0.15, 0.2) is 0 Å². The van der Waals surface area contributed by atoms with Crippen molar-refractivity contribution in [3.05, 3.63) is 65.2 Å². The van der Waals surface area contributed by atoms with E-state index in [-0.39, 0.29) is 0 Å². The molecule has 0 aliphatic rings. The molecule has 2 aromatic rings. The minimum atomic E-state index is -1.18. The van der Waals surface area contributed by atoms with Crippen LogP contribution in [0.4, 0.5) is 0 Å². The van der Waals surface area contributed by atoms with E-state index in [4.69, 9.17) is 4.74 Å². The highest BCUT2D eigenvalue weighted by atomic mass is 16.5. The molecule has 2 aromatic carbocycles. The van der Waals surface area contributed by atoms with Gasteiger partial charge < -0.3 is 14.6 Å². The summed E-state index contributed by atoms with van der Waals surface area (Å²) in [6.07, 6.45) is 0. The Morgan fingerprint density at radius 2 is 1.71 bits per heavy atom. The third kappa shape index (κ3) is 3.06. The monoisotopic (exact) mass is 286 g/mol. The van der Waals surface area contributed by atoms with Crippen molar-refractivity contribution in [1.82, 2.24) is 0 Å². The number of methoxy groups -OCH3 is 2. The molecular weight excluding hydrogens is 268 g/mol. The minimum absolute atomic E-state index is 0.400. The van der Waals surface area contributed by atoms with Crippen molar-refractivity contribution >= 4 is 5.97 Å². The third-order valence-corrected chi connectivity index (χ3v) is 3.50. The molecule has 4 nitrogen and oxygen atoms in total. The zero-order chi connectivity index (χ0) is 15.5. The number of benzene rings is 2. The Bertz CT molecular complexity index is 629. The molecule has 1 unspecified atom stereocenters. The van der Waals surface area contributed by atoms with Gasteiger partial charge in [-0.2, -0.15) is 0 Å². The van der Waals surface area contributed by atoms with E-state index >= 15 is 0 Å². The average molecular weight is 286 g/mol. The number of carbonyl (C=O) groups is 1. The summed E-state index contributed by atoms with van der Waals surface area (Å²) in [5.74, 6) is 0.279. The third-order valence-electron chi connectivity index (χ3n) is 3.50. The van der Waals surface area contributed by atoms with Gasteiger partial charge in [0.25, 0.3) is 0 Å². The van der Waals surface area contributed by atoms with E-state index in [0.717, 1.165) is 0 Å². The molecule has 0 saturated heterocycles. The second kappa shape index (κ2) is 5.97. The van der Waals surface area contributed by atoms with Crippen LogP contribution >= 0.6 is 0 Å². The van der Waals surface area contributed by atoms with Crippen LogP contribution in [0.2, 0.25) is 0 Å². The van der Waals surface area contributed by atoms with E-state index in [1.54, 1.807) is 44.4 Å². The summed E-state index contributed by atoms with van der Waals surface area (Å²) in [5.41, 5.74) is 0.669. The molecule has 1 atom stereocenters. The van der Waals surface area contributed by atoms with Crippen LogP contribution in [-0.4, -0.2) is 25.3 Å². The Morgan fingerprint density at radius 3 is 2.29 bits per heavy atom. The molecule has 2 rings (SSSR count). The molecule has 0 spiro atoms. The van der Waals surface area contributed by atoms with Gasteiger partial charge in [0.05, 0.1) is 19.8 Å². The second-order valence-corrected chi connectivity index (χ2v) is 4.87. The zero-order valence-electron chi connectivity index (χ0n) is 12.3. The molecule has 4 heteroatoms. The van der Waals surface area contributed by atoms with Gasteiger partial charge in [0.2, 0.25) is 0 Å². The molecule has 0 aliphatic carbocycles. The number of hydrogen-bond donors (Lipinski definition) is 1. The van der Waals surface area contributed by atoms with Crippen molar-refractivity contribution in [2.45, 2.75) is 12.5 Å². The maximum atomic E-state index is 11.4. The normalized spacial score (nSPS) is 13.3. The first-order valence-corrected chi connectivity index (χ1v) is 6.55. The molecule has 0 aliphatic heterocycles. The molecule has 0 radical (unpaired) electrons. The Labute approximate surface area is 123 Å². The van der Waals surface area contributed by atoms with Crippen LogP contribution in [0.5, 0.6) is 5.75 Å². The van der Waals surface area contributed by atoms with Crippen LogP contribution in [0.3, 0.4) is 0 Å². The van der Waals surface area contributed by atoms with Crippen molar-refractivity contribution in [3.8, 4) is 5.75 Å². The lowest BCUT2D eigenvalue weighted by Crippen LogP contribution is -2.22. The lowest BCUT2D eigenvalue weighted by atomic mass is 9.88. The van der Waals surface area contributed by atoms with Crippen molar-refractivity contribution in [2.75, 3.05) is 14.2 Å². The summed E-state index contributed by atoms with van der Waals surface area (Å²) in [7, 11) is 2.92. The number of ether oxygens (including phenoxy) is 2. The predicted octanol–water partition coefficient (Wildman–Crippen LogP) is 2.74. The van der Waals surface area contributed by atoms with Crippen LogP contribution in [0.15, 0.2) is 48.5 Å². The van der Waals surface area contributed by atoms with Crippen LogP contribution in [-0.2, 0) is 10.3 Å². The molecule has 110 valence electrons. The second-order valence-electron chi connectivity index (χ2n) is 4.87. The van der Waals surface area contributed by atoms with E-state index < -0.39 is 11.6 Å². The average Bonchev–Trinajstić information content (AvgIpc) is 2.54. The van der Waals surface area contributed by atoms with Crippen molar-refractivity contribution in [3.63, 3.8) is 0 Å². The SMILES string of the molecule is COC(=O)c1ccc(C(C)(O)c2cccc(OC)c2)cc1. The fraction of sp³-hybridized carbons (Fsp3) is 0.235. The van der Waals surface area contributed by atoms with Gasteiger partial charge in [0.1, 0.15) is 11.4 Å². The molecule has 0 heterocycles. The molecular formula is C17H18O4. The Balaban J connectivity index is 2.36. The van der Waals surface area contributed by atoms with Gasteiger partial charge in [-0.1, -0.05) is 24.3 Å². The number of aliphatic hydroxyl groups is 1. The fourth-order valence-corrected chi connectivity index (χ4v) is 2.14. The highest BCUT2D eigenvalue weighted by Gasteiger charge is 2.26. The first kappa shape index (κ1) is 15.1. The van der Waals surface area contributed by atoms with Crippen LogP contribution in [0.25, 0.3) is 0 Å². The standard InChI is InChI=1S/C17H18O4/c1-17(19,14-5-4-6-15(11-14)20-2)13-9-7-12(8-10-13)16(18)21-3/h4-11,19H,1-3H3. The minimum Gasteiger partial charge on any atom is -0.497 e. The summed E-state index contributed by atoms with van der Waals surface area (Å²) in [4.78, 5) is 11.4. The Kier molecular flexibility index (Phi) is 4.29. The van der Waals surface area contributed by atoms with Gasteiger partial charge in [-0.05, 0) is 42.3 Å². The molecule has 0 amide bonds. The van der Waals surface area contributed by atoms with Crippen LogP contribution in [0.1, 0.15) is 28.4 Å². The van der Waals surface area contributed by atoms with E-state index in [1.807, 2.05) is 18.2 Å². The molecule has 1 N–H and O–H groups in total. The highest BCUT2D eigenvalue weighted by molar-refractivity contribution is 5.89. The van der Waals surface area contributed by atoms with E-state index in [0.29, 0.717) is 22.4 Å². The summed E-state index contributed by atoms with van der Waals surface area (Å²) < 4.78 is 9.84. The molecule has 0 saturated carbocycles. The van der Waals surface area contributed by atoms with Crippen LogP contribution < -0.4 is 4.74 Å². The van der Waals surface area contributed by atoms with Gasteiger partial charge >= 0.3 is 5.97 Å². The van der Waals surface area contributed by atoms with Crippen molar-refractivity contribution in [2.24, 2.45) is 0 Å². The van der Waals surface area contributed by atoms with E-state index in [1.165, 1.54) is 7.11 Å². The highest BCUT2D eigenvalue weighted by Crippen LogP contribution is 2.31. The van der Waals surface area contributed by atoms with Crippen molar-refractivity contribution in [1.29, 1.82) is 0 Å². The molecule has 0 fully saturated rings. The molecule has 0 bridgehead atoms. The van der Waals surface area contributed by atoms with Crippen molar-refractivity contribution < 1.29 is 19.4 Å². The zero-order valence-corrected chi connectivity index (χ0v) is 12.3. The summed E-state index contributed by atoms with van der Waals surface area (Å²) in [6.45, 7) is 1.70. The number of carbonyl (C=O) groups excluding carboxylic acids is 1. The topological polar surface area (TPSA) is 55.8 Å². The largest absolute Gasteiger partial charge is 0.497 e. The van der Waals surface area contributed by atoms with Crippen LogP contribution in [0, 0.1) is 0 Å². The Hall–Kier alpha value is -2.33. The number of rotatable bonds is 4. The van der Waals surface area contributed by atoms with Gasteiger partial charge in [-0.3, -0.25) is 0 Å². The molecule has 21 heavy (non-hydrogen) atoms. The Morgan fingerprint density at radius 1 is 1.05 bits per heavy atom. The smallest absolute Gasteiger partial charge is 0.337 e. The lowest BCUT2D eigenvalue weighted by molar-refractivity contribution is 0.0600. The quantitative estimate of drug-likeness (QED) is 0.878. The van der Waals surface area contributed by atoms with Gasteiger partial charge in [-0.25, -0.2) is 4.79 Å². The first-order valence-electron chi connectivity index (χ1n) is 6.55. The predicted molar refractivity (Wildman–Crippen MR) is 79.4 cm³/mol. The maximum absolute atomic E-state index is 11.4. The number of hydrogen-bond acceptors (Lipinski definition) is 4.